The highest BCUT2D eigenvalue weighted by Gasteiger charge is 2.29. The first-order chi connectivity index (χ1) is 8.61. The number of likely N-dealkylation sites (N-methyl/N-ethyl adjacent to an activating group) is 1. The molecule has 2 unspecified atom stereocenters. The molecule has 0 bridgehead atoms. The standard InChI is InChI=1S/C15H21N3/c1-12-5-4-6-14(9-12)18-10-13(2)17(3)15(11-18)7-8-16/h4-6,9,13,15H,7,10-11H2,1-3H3. The molecule has 1 heterocycles. The van der Waals surface area contributed by atoms with Crippen LogP contribution in [0.3, 0.4) is 0 Å². The van der Waals surface area contributed by atoms with Gasteiger partial charge in [0.1, 0.15) is 0 Å². The minimum atomic E-state index is 0.333. The molecule has 0 N–H and O–H groups in total. The van der Waals surface area contributed by atoms with Crippen molar-refractivity contribution in [3.8, 4) is 6.07 Å². The van der Waals surface area contributed by atoms with Crippen LogP contribution in [-0.4, -0.2) is 37.1 Å². The molecule has 2 rings (SSSR count). The molecular weight excluding hydrogens is 222 g/mol. The van der Waals surface area contributed by atoms with Crippen molar-refractivity contribution in [3.05, 3.63) is 29.8 Å². The van der Waals surface area contributed by atoms with Crippen LogP contribution in [0.1, 0.15) is 18.9 Å². The van der Waals surface area contributed by atoms with E-state index >= 15 is 0 Å². The zero-order valence-corrected chi connectivity index (χ0v) is 11.4. The number of hydrogen-bond donors (Lipinski definition) is 0. The maximum atomic E-state index is 8.93. The van der Waals surface area contributed by atoms with Crippen LogP contribution >= 0.6 is 0 Å². The third-order valence-corrected chi connectivity index (χ3v) is 3.88. The van der Waals surface area contributed by atoms with Gasteiger partial charge in [0.05, 0.1) is 12.5 Å². The van der Waals surface area contributed by atoms with Gasteiger partial charge in [0.2, 0.25) is 0 Å². The molecule has 0 aliphatic carbocycles. The van der Waals surface area contributed by atoms with E-state index in [1.54, 1.807) is 0 Å². The summed E-state index contributed by atoms with van der Waals surface area (Å²) in [5.41, 5.74) is 2.56. The topological polar surface area (TPSA) is 30.3 Å². The molecule has 0 radical (unpaired) electrons. The van der Waals surface area contributed by atoms with E-state index in [1.165, 1.54) is 11.3 Å². The summed E-state index contributed by atoms with van der Waals surface area (Å²) in [4.78, 5) is 4.73. The molecule has 0 saturated carbocycles. The first kappa shape index (κ1) is 12.9. The monoisotopic (exact) mass is 243 g/mol. The smallest absolute Gasteiger partial charge is 0.0638 e. The van der Waals surface area contributed by atoms with Crippen LogP contribution in [0.2, 0.25) is 0 Å². The quantitative estimate of drug-likeness (QED) is 0.799. The largest absolute Gasteiger partial charge is 0.368 e. The van der Waals surface area contributed by atoms with Gasteiger partial charge >= 0.3 is 0 Å². The van der Waals surface area contributed by atoms with Gasteiger partial charge in [-0.15, -0.1) is 0 Å². The van der Waals surface area contributed by atoms with Gasteiger partial charge in [-0.3, -0.25) is 4.90 Å². The number of benzene rings is 1. The van der Waals surface area contributed by atoms with E-state index in [0.29, 0.717) is 18.5 Å². The minimum absolute atomic E-state index is 0.333. The lowest BCUT2D eigenvalue weighted by molar-refractivity contribution is 0.160. The van der Waals surface area contributed by atoms with Gasteiger partial charge in [-0.05, 0) is 38.6 Å². The molecule has 1 aliphatic heterocycles. The zero-order chi connectivity index (χ0) is 13.1. The third kappa shape index (κ3) is 2.65. The van der Waals surface area contributed by atoms with Crippen LogP contribution in [0.5, 0.6) is 0 Å². The average Bonchev–Trinajstić information content (AvgIpc) is 2.35. The summed E-state index contributed by atoms with van der Waals surface area (Å²) in [6, 6.07) is 11.7. The predicted molar refractivity (Wildman–Crippen MR) is 74.6 cm³/mol. The number of nitrogens with zero attached hydrogens (tertiary/aromatic N) is 3. The Morgan fingerprint density at radius 2 is 2.17 bits per heavy atom. The van der Waals surface area contributed by atoms with Crippen molar-refractivity contribution in [2.75, 3.05) is 25.0 Å². The van der Waals surface area contributed by atoms with E-state index in [0.717, 1.165) is 13.1 Å². The lowest BCUT2D eigenvalue weighted by atomic mass is 10.0. The maximum Gasteiger partial charge on any atom is 0.0638 e. The summed E-state index contributed by atoms with van der Waals surface area (Å²) in [7, 11) is 2.13. The lowest BCUT2D eigenvalue weighted by Crippen LogP contribution is -2.56. The normalized spacial score (nSPS) is 24.9. The van der Waals surface area contributed by atoms with E-state index in [1.807, 2.05) is 0 Å². The number of piperazine rings is 1. The Labute approximate surface area is 110 Å². The maximum absolute atomic E-state index is 8.93. The first-order valence-corrected chi connectivity index (χ1v) is 6.52. The molecule has 3 heteroatoms. The SMILES string of the molecule is Cc1cccc(N2CC(C)N(C)C(CC#N)C2)c1. The Morgan fingerprint density at radius 3 is 2.83 bits per heavy atom. The molecule has 0 spiro atoms. The van der Waals surface area contributed by atoms with Crippen molar-refractivity contribution in [3.63, 3.8) is 0 Å². The fourth-order valence-corrected chi connectivity index (χ4v) is 2.61. The molecule has 1 fully saturated rings. The average molecular weight is 243 g/mol. The molecule has 3 nitrogen and oxygen atoms in total. The van der Waals surface area contributed by atoms with E-state index in [2.05, 4.69) is 61.0 Å². The van der Waals surface area contributed by atoms with Gasteiger partial charge in [-0.2, -0.15) is 5.26 Å². The number of rotatable bonds is 2. The fourth-order valence-electron chi connectivity index (χ4n) is 2.61. The Hall–Kier alpha value is -1.53. The van der Waals surface area contributed by atoms with Crippen molar-refractivity contribution in [1.82, 2.24) is 4.90 Å². The van der Waals surface area contributed by atoms with Gasteiger partial charge in [0.25, 0.3) is 0 Å². The highest BCUT2D eigenvalue weighted by atomic mass is 15.3. The second kappa shape index (κ2) is 5.41. The van der Waals surface area contributed by atoms with E-state index in [4.69, 9.17) is 5.26 Å². The summed E-state index contributed by atoms with van der Waals surface area (Å²) in [5.74, 6) is 0. The summed E-state index contributed by atoms with van der Waals surface area (Å²) in [6.45, 7) is 6.32. The summed E-state index contributed by atoms with van der Waals surface area (Å²) < 4.78 is 0. The van der Waals surface area contributed by atoms with Crippen molar-refractivity contribution >= 4 is 5.69 Å². The van der Waals surface area contributed by atoms with Gasteiger partial charge in [-0.25, -0.2) is 0 Å². The molecule has 1 aliphatic rings. The van der Waals surface area contributed by atoms with Crippen molar-refractivity contribution in [1.29, 1.82) is 5.26 Å². The number of hydrogen-bond acceptors (Lipinski definition) is 3. The molecule has 0 amide bonds. The third-order valence-electron chi connectivity index (χ3n) is 3.88. The highest BCUT2D eigenvalue weighted by Crippen LogP contribution is 2.23. The number of nitriles is 1. The van der Waals surface area contributed by atoms with E-state index < -0.39 is 0 Å². The van der Waals surface area contributed by atoms with E-state index in [-0.39, 0.29) is 0 Å². The van der Waals surface area contributed by atoms with Gasteiger partial charge in [-0.1, -0.05) is 12.1 Å². The summed E-state index contributed by atoms with van der Waals surface area (Å²) >= 11 is 0. The molecule has 2 atom stereocenters. The van der Waals surface area contributed by atoms with Gasteiger partial charge < -0.3 is 4.90 Å². The van der Waals surface area contributed by atoms with Crippen molar-refractivity contribution in [2.45, 2.75) is 32.4 Å². The molecule has 18 heavy (non-hydrogen) atoms. The van der Waals surface area contributed by atoms with Crippen molar-refractivity contribution < 1.29 is 0 Å². The molecular formula is C15H21N3. The molecule has 1 aromatic carbocycles. The van der Waals surface area contributed by atoms with Crippen LogP contribution in [-0.2, 0) is 0 Å². The second-order valence-corrected chi connectivity index (χ2v) is 5.27. The fraction of sp³-hybridized carbons (Fsp3) is 0.533. The van der Waals surface area contributed by atoms with Crippen LogP contribution in [0, 0.1) is 18.3 Å². The second-order valence-electron chi connectivity index (χ2n) is 5.27. The van der Waals surface area contributed by atoms with Crippen LogP contribution in [0.25, 0.3) is 0 Å². The lowest BCUT2D eigenvalue weighted by Gasteiger charge is -2.44. The molecule has 1 saturated heterocycles. The van der Waals surface area contributed by atoms with Gasteiger partial charge in [0.15, 0.2) is 0 Å². The zero-order valence-electron chi connectivity index (χ0n) is 11.4. The van der Waals surface area contributed by atoms with Gasteiger partial charge in [0, 0.05) is 30.9 Å². The molecule has 1 aromatic rings. The molecule has 96 valence electrons. The molecule has 0 aromatic heterocycles. The number of anilines is 1. The highest BCUT2D eigenvalue weighted by molar-refractivity contribution is 5.49. The van der Waals surface area contributed by atoms with Crippen LogP contribution in [0.4, 0.5) is 5.69 Å². The van der Waals surface area contributed by atoms with Crippen molar-refractivity contribution in [2.24, 2.45) is 0 Å². The summed E-state index contributed by atoms with van der Waals surface area (Å²) in [6.07, 6.45) is 0.600. The van der Waals surface area contributed by atoms with E-state index in [9.17, 15) is 0 Å². The Kier molecular flexibility index (Phi) is 3.88. The van der Waals surface area contributed by atoms with Crippen LogP contribution < -0.4 is 4.90 Å². The minimum Gasteiger partial charge on any atom is -0.368 e. The Balaban J connectivity index is 2.17. The number of aryl methyl sites for hydroxylation is 1. The summed E-state index contributed by atoms with van der Waals surface area (Å²) in [5, 5.41) is 8.93. The Bertz CT molecular complexity index is 449. The predicted octanol–water partition coefficient (Wildman–Crippen LogP) is 2.42. The van der Waals surface area contributed by atoms with Crippen LogP contribution in [0.15, 0.2) is 24.3 Å². The first-order valence-electron chi connectivity index (χ1n) is 6.52. The Morgan fingerprint density at radius 1 is 1.39 bits per heavy atom.